The zero-order chi connectivity index (χ0) is 20.4. The van der Waals surface area contributed by atoms with Gasteiger partial charge in [-0.05, 0) is 28.6 Å². The Kier molecular flexibility index (Phi) is 5.15. The number of phenolic OH excluding ortho intramolecular Hbond substituents is 1. The van der Waals surface area contributed by atoms with Gasteiger partial charge < -0.3 is 14.9 Å². The third-order valence-electron chi connectivity index (χ3n) is 4.65. The fourth-order valence-corrected chi connectivity index (χ4v) is 5.73. The number of hydrogen-bond donors (Lipinski definition) is 2. The Morgan fingerprint density at radius 2 is 1.72 bits per heavy atom. The number of hydrogen-bond acceptors (Lipinski definition) is 4. The molecule has 0 radical (unpaired) electrons. The molecule has 0 aliphatic carbocycles. The van der Waals surface area contributed by atoms with E-state index in [1.807, 2.05) is 54.6 Å². The van der Waals surface area contributed by atoms with Gasteiger partial charge in [0.05, 0.1) is 7.92 Å². The van der Waals surface area contributed by atoms with Crippen LogP contribution in [0.15, 0.2) is 78.9 Å². The molecule has 3 aromatic rings. The first-order valence-corrected chi connectivity index (χ1v) is 10.3. The second kappa shape index (κ2) is 7.90. The Morgan fingerprint density at radius 1 is 1.00 bits per heavy atom. The summed E-state index contributed by atoms with van der Waals surface area (Å²) in [4.78, 5) is 23.7. The average Bonchev–Trinajstić information content (AvgIpc) is 2.72. The summed E-state index contributed by atoms with van der Waals surface area (Å²) >= 11 is 0. The summed E-state index contributed by atoms with van der Waals surface area (Å²) < 4.78 is 5.57. The fourth-order valence-electron chi connectivity index (χ4n) is 3.35. The molecular weight excluding hydrogens is 387 g/mol. The molecule has 1 aliphatic heterocycles. The first-order chi connectivity index (χ1) is 14.0. The van der Waals surface area contributed by atoms with E-state index in [2.05, 4.69) is 0 Å². The van der Waals surface area contributed by atoms with Gasteiger partial charge in [-0.15, -0.1) is 0 Å². The predicted octanol–water partition coefficient (Wildman–Crippen LogP) is 4.90. The summed E-state index contributed by atoms with van der Waals surface area (Å²) in [5.41, 5.74) is 1.97. The Balaban J connectivity index is 1.82. The zero-order valence-electron chi connectivity index (χ0n) is 15.2. The first kappa shape index (κ1) is 18.9. The Morgan fingerprint density at radius 3 is 2.41 bits per heavy atom. The van der Waals surface area contributed by atoms with Crippen molar-refractivity contribution < 1.29 is 24.5 Å². The van der Waals surface area contributed by atoms with E-state index in [0.717, 1.165) is 28.1 Å². The zero-order valence-corrected chi connectivity index (χ0v) is 16.1. The quantitative estimate of drug-likeness (QED) is 0.477. The minimum Gasteiger partial charge on any atom is -0.508 e. The number of carbonyl (C=O) groups excluding carboxylic acids is 1. The van der Waals surface area contributed by atoms with Crippen molar-refractivity contribution >= 4 is 31.0 Å². The lowest BCUT2D eigenvalue weighted by Gasteiger charge is -2.32. The Hall–Kier alpha value is -3.43. The molecule has 0 fully saturated rings. The van der Waals surface area contributed by atoms with Crippen LogP contribution < -0.4 is 10.0 Å². The van der Waals surface area contributed by atoms with E-state index < -0.39 is 13.9 Å². The molecule has 0 aromatic heterocycles. The molecular formula is C23H17O5P. The fraction of sp³-hybridized carbons (Fsp3) is 0.0435. The number of phenols is 1. The predicted molar refractivity (Wildman–Crippen MR) is 112 cm³/mol. The molecule has 144 valence electrons. The van der Waals surface area contributed by atoms with Gasteiger partial charge in [-0.2, -0.15) is 0 Å². The molecule has 0 saturated heterocycles. The van der Waals surface area contributed by atoms with E-state index >= 15 is 0 Å². The molecule has 4 rings (SSSR count). The van der Waals surface area contributed by atoms with E-state index in [1.54, 1.807) is 12.1 Å². The highest BCUT2D eigenvalue weighted by Crippen LogP contribution is 2.60. The molecule has 6 heteroatoms. The first-order valence-electron chi connectivity index (χ1n) is 8.93. The van der Waals surface area contributed by atoms with Crippen molar-refractivity contribution in [3.8, 4) is 11.5 Å². The molecule has 2 atom stereocenters. The van der Waals surface area contributed by atoms with E-state index in [1.165, 1.54) is 12.1 Å². The number of ether oxygens (including phenoxy) is 1. The van der Waals surface area contributed by atoms with Crippen LogP contribution in [0, 0.1) is 0 Å². The SMILES string of the molecule is O=C(O)/C=C/c1ccc(C2c3ccc(O)cc3OC(=O)P2c2ccccc2)cc1. The Labute approximate surface area is 168 Å². The van der Waals surface area contributed by atoms with Crippen LogP contribution in [0.3, 0.4) is 0 Å². The van der Waals surface area contributed by atoms with Crippen molar-refractivity contribution in [1.82, 2.24) is 0 Å². The van der Waals surface area contributed by atoms with Crippen LogP contribution in [0.1, 0.15) is 22.3 Å². The highest BCUT2D eigenvalue weighted by molar-refractivity contribution is 7.81. The van der Waals surface area contributed by atoms with Crippen molar-refractivity contribution in [3.05, 3.63) is 95.6 Å². The number of benzene rings is 3. The van der Waals surface area contributed by atoms with Crippen LogP contribution in [-0.4, -0.2) is 21.9 Å². The van der Waals surface area contributed by atoms with Gasteiger partial charge >= 0.3 is 11.7 Å². The van der Waals surface area contributed by atoms with Crippen LogP contribution in [0.5, 0.6) is 11.5 Å². The van der Waals surface area contributed by atoms with Crippen LogP contribution >= 0.6 is 7.92 Å². The topological polar surface area (TPSA) is 83.8 Å². The van der Waals surface area contributed by atoms with Crippen molar-refractivity contribution in [2.24, 2.45) is 0 Å². The summed E-state index contributed by atoms with van der Waals surface area (Å²) in [5.74, 6) is -0.606. The summed E-state index contributed by atoms with van der Waals surface area (Å²) in [6.45, 7) is 0. The third kappa shape index (κ3) is 3.91. The smallest absolute Gasteiger partial charge is 0.337 e. The maximum absolute atomic E-state index is 12.9. The lowest BCUT2D eigenvalue weighted by molar-refractivity contribution is -0.131. The second-order valence-electron chi connectivity index (χ2n) is 6.54. The third-order valence-corrected chi connectivity index (χ3v) is 7.08. The van der Waals surface area contributed by atoms with Crippen molar-refractivity contribution in [3.63, 3.8) is 0 Å². The van der Waals surface area contributed by atoms with E-state index in [0.29, 0.717) is 5.75 Å². The molecule has 0 amide bonds. The minimum atomic E-state index is -1.35. The number of aliphatic carboxylic acids is 1. The molecule has 5 nitrogen and oxygen atoms in total. The number of aromatic hydroxyl groups is 1. The summed E-state index contributed by atoms with van der Waals surface area (Å²) in [7, 11) is -1.35. The average molecular weight is 404 g/mol. The molecule has 29 heavy (non-hydrogen) atoms. The van der Waals surface area contributed by atoms with Gasteiger partial charge in [-0.3, -0.25) is 0 Å². The maximum atomic E-state index is 12.9. The minimum absolute atomic E-state index is 0.0374. The lowest BCUT2D eigenvalue weighted by atomic mass is 10.0. The molecule has 2 N–H and O–H groups in total. The van der Waals surface area contributed by atoms with E-state index in [-0.39, 0.29) is 17.1 Å². The Bertz CT molecular complexity index is 1090. The van der Waals surface area contributed by atoms with E-state index in [9.17, 15) is 14.7 Å². The molecule has 0 bridgehead atoms. The van der Waals surface area contributed by atoms with Gasteiger partial charge in [0.1, 0.15) is 11.5 Å². The van der Waals surface area contributed by atoms with Crippen LogP contribution in [0.25, 0.3) is 6.08 Å². The highest BCUT2D eigenvalue weighted by Gasteiger charge is 2.39. The normalized spacial score (nSPS) is 18.3. The number of fused-ring (bicyclic) bond motifs is 1. The largest absolute Gasteiger partial charge is 0.508 e. The highest BCUT2D eigenvalue weighted by atomic mass is 31.1. The number of carbonyl (C=O) groups is 2. The monoisotopic (exact) mass is 404 g/mol. The van der Waals surface area contributed by atoms with E-state index in [4.69, 9.17) is 9.84 Å². The second-order valence-corrected chi connectivity index (χ2v) is 8.67. The van der Waals surface area contributed by atoms with Crippen molar-refractivity contribution in [1.29, 1.82) is 0 Å². The molecule has 0 saturated carbocycles. The van der Waals surface area contributed by atoms with Crippen molar-refractivity contribution in [2.75, 3.05) is 0 Å². The van der Waals surface area contributed by atoms with Crippen molar-refractivity contribution in [2.45, 2.75) is 5.66 Å². The van der Waals surface area contributed by atoms with Gasteiger partial charge in [0, 0.05) is 23.4 Å². The van der Waals surface area contributed by atoms with Gasteiger partial charge in [-0.1, -0.05) is 60.7 Å². The number of rotatable bonds is 4. The number of carboxylic acids is 1. The molecule has 0 spiro atoms. The standard InChI is InChI=1S/C23H17O5P/c24-17-11-12-19-20(14-17)28-23(27)29(18-4-2-1-3-5-18)22(19)16-9-6-15(7-10-16)8-13-21(25)26/h1-14,22,24H,(H,25,26)/b13-8+. The van der Waals surface area contributed by atoms with Crippen LogP contribution in [0.4, 0.5) is 4.79 Å². The molecule has 1 heterocycles. The summed E-state index contributed by atoms with van der Waals surface area (Å²) in [6.07, 6.45) is 2.61. The lowest BCUT2D eigenvalue weighted by Crippen LogP contribution is -2.23. The van der Waals surface area contributed by atoms with Gasteiger partial charge in [0.2, 0.25) is 0 Å². The van der Waals surface area contributed by atoms with Gasteiger partial charge in [0.15, 0.2) is 0 Å². The summed E-state index contributed by atoms with van der Waals surface area (Å²) in [6, 6.07) is 21.8. The van der Waals surface area contributed by atoms with Gasteiger partial charge in [0.25, 0.3) is 0 Å². The van der Waals surface area contributed by atoms with Crippen LogP contribution in [-0.2, 0) is 4.79 Å². The molecule has 3 aromatic carbocycles. The molecule has 1 aliphatic rings. The van der Waals surface area contributed by atoms with Crippen LogP contribution in [0.2, 0.25) is 0 Å². The summed E-state index contributed by atoms with van der Waals surface area (Å²) in [5, 5.41) is 19.5. The maximum Gasteiger partial charge on any atom is 0.337 e. The molecule has 2 unspecified atom stereocenters. The van der Waals surface area contributed by atoms with Gasteiger partial charge in [-0.25, -0.2) is 9.59 Å². The number of carboxylic acid groups (broad SMARTS) is 1.